The number of nitrogens with one attached hydrogen (secondary N) is 1. The van der Waals surface area contributed by atoms with E-state index in [4.69, 9.17) is 4.52 Å². The molecule has 1 saturated heterocycles. The monoisotopic (exact) mass is 370 g/mol. The van der Waals surface area contributed by atoms with Gasteiger partial charge in [-0.1, -0.05) is 32.9 Å². The molecule has 0 radical (unpaired) electrons. The molecule has 1 fully saturated rings. The number of likely N-dealkylation sites (tertiary alicyclic amines) is 1. The van der Waals surface area contributed by atoms with Crippen molar-refractivity contribution in [3.8, 4) is 0 Å². The Balaban J connectivity index is 1.64. The first-order chi connectivity index (χ1) is 12.7. The van der Waals surface area contributed by atoms with Crippen LogP contribution in [0.1, 0.15) is 68.2 Å². The fraction of sp³-hybridized carbons (Fsp3) is 0.571. The van der Waals surface area contributed by atoms with Crippen LogP contribution in [-0.2, 0) is 12.0 Å². The number of anilines is 1. The van der Waals surface area contributed by atoms with E-state index in [2.05, 4.69) is 43.2 Å². The van der Waals surface area contributed by atoms with Gasteiger partial charge in [0.15, 0.2) is 5.82 Å². The van der Waals surface area contributed by atoms with Crippen LogP contribution < -0.4 is 5.32 Å². The number of carbonyl (C=O) groups is 1. The van der Waals surface area contributed by atoms with Crippen molar-refractivity contribution in [3.05, 3.63) is 41.0 Å². The highest BCUT2D eigenvalue weighted by atomic mass is 16.5. The Morgan fingerprint density at radius 3 is 2.78 bits per heavy atom. The van der Waals surface area contributed by atoms with Crippen LogP contribution in [0.25, 0.3) is 0 Å². The summed E-state index contributed by atoms with van der Waals surface area (Å²) in [6.07, 6.45) is 2.30. The van der Waals surface area contributed by atoms with Gasteiger partial charge in [0.1, 0.15) is 0 Å². The highest BCUT2D eigenvalue weighted by molar-refractivity contribution is 5.95. The lowest BCUT2D eigenvalue weighted by molar-refractivity contribution is 0.0683. The standard InChI is InChI=1S/C21H30N4O2/c1-14-7-6-10-25(13-14)19(26)16-8-9-17(15(2)11-16)22-12-18-23-20(24-27-18)21(3,4)5/h8-9,11,14,22H,6-7,10,12-13H2,1-5H3/t14-/m1/s1. The molecule has 0 unspecified atom stereocenters. The number of hydrogen-bond donors (Lipinski definition) is 1. The van der Waals surface area contributed by atoms with Crippen LogP contribution in [0.15, 0.2) is 22.7 Å². The lowest BCUT2D eigenvalue weighted by atomic mass is 9.96. The molecular weight excluding hydrogens is 340 g/mol. The van der Waals surface area contributed by atoms with Crippen LogP contribution in [0.5, 0.6) is 0 Å². The molecule has 2 heterocycles. The van der Waals surface area contributed by atoms with E-state index in [0.717, 1.165) is 36.3 Å². The second-order valence-electron chi connectivity index (χ2n) is 8.64. The van der Waals surface area contributed by atoms with E-state index < -0.39 is 0 Å². The maximum atomic E-state index is 12.8. The van der Waals surface area contributed by atoms with Crippen molar-refractivity contribution in [3.63, 3.8) is 0 Å². The summed E-state index contributed by atoms with van der Waals surface area (Å²) in [7, 11) is 0. The number of amides is 1. The lowest BCUT2D eigenvalue weighted by Crippen LogP contribution is -2.39. The number of aromatic nitrogens is 2. The molecular formula is C21H30N4O2. The molecule has 1 atom stereocenters. The number of hydrogen-bond acceptors (Lipinski definition) is 5. The Kier molecular flexibility index (Phi) is 5.53. The number of piperidine rings is 1. The zero-order valence-electron chi connectivity index (χ0n) is 17.0. The molecule has 1 aromatic carbocycles. The Hall–Kier alpha value is -2.37. The molecule has 0 spiro atoms. The minimum Gasteiger partial charge on any atom is -0.376 e. The van der Waals surface area contributed by atoms with Crippen LogP contribution in [0.3, 0.4) is 0 Å². The van der Waals surface area contributed by atoms with Crippen LogP contribution in [0, 0.1) is 12.8 Å². The maximum Gasteiger partial charge on any atom is 0.253 e. The average molecular weight is 370 g/mol. The molecule has 146 valence electrons. The fourth-order valence-electron chi connectivity index (χ4n) is 3.35. The molecule has 2 aromatic rings. The van der Waals surface area contributed by atoms with E-state index in [0.29, 0.717) is 24.2 Å². The highest BCUT2D eigenvalue weighted by Crippen LogP contribution is 2.22. The highest BCUT2D eigenvalue weighted by Gasteiger charge is 2.23. The van der Waals surface area contributed by atoms with Crippen molar-refractivity contribution in [1.82, 2.24) is 15.0 Å². The summed E-state index contributed by atoms with van der Waals surface area (Å²) in [5, 5.41) is 7.37. The van der Waals surface area contributed by atoms with E-state index in [1.807, 2.05) is 30.0 Å². The van der Waals surface area contributed by atoms with Crippen LogP contribution in [0.4, 0.5) is 5.69 Å². The topological polar surface area (TPSA) is 71.3 Å². The third-order valence-corrected chi connectivity index (χ3v) is 4.99. The van der Waals surface area contributed by atoms with E-state index >= 15 is 0 Å². The summed E-state index contributed by atoms with van der Waals surface area (Å²) in [5.74, 6) is 1.97. The van der Waals surface area contributed by atoms with E-state index in [1.54, 1.807) is 0 Å². The largest absolute Gasteiger partial charge is 0.376 e. The summed E-state index contributed by atoms with van der Waals surface area (Å²) in [4.78, 5) is 19.2. The second-order valence-corrected chi connectivity index (χ2v) is 8.64. The van der Waals surface area contributed by atoms with E-state index in [9.17, 15) is 4.79 Å². The molecule has 1 aromatic heterocycles. The Morgan fingerprint density at radius 2 is 2.15 bits per heavy atom. The number of rotatable bonds is 4. The number of carbonyl (C=O) groups excluding carboxylic acids is 1. The number of benzene rings is 1. The van der Waals surface area contributed by atoms with Gasteiger partial charge < -0.3 is 14.7 Å². The molecule has 0 aliphatic carbocycles. The van der Waals surface area contributed by atoms with Crippen LogP contribution in [0.2, 0.25) is 0 Å². The Morgan fingerprint density at radius 1 is 1.37 bits per heavy atom. The molecule has 1 N–H and O–H groups in total. The van der Waals surface area contributed by atoms with Crippen molar-refractivity contribution >= 4 is 11.6 Å². The van der Waals surface area contributed by atoms with Crippen molar-refractivity contribution in [1.29, 1.82) is 0 Å². The molecule has 1 aliphatic heterocycles. The first-order valence-electron chi connectivity index (χ1n) is 9.71. The molecule has 6 nitrogen and oxygen atoms in total. The molecule has 0 saturated carbocycles. The van der Waals surface area contributed by atoms with Crippen molar-refractivity contribution in [2.75, 3.05) is 18.4 Å². The van der Waals surface area contributed by atoms with Crippen LogP contribution in [-0.4, -0.2) is 34.0 Å². The van der Waals surface area contributed by atoms with Gasteiger partial charge in [-0.05, 0) is 49.4 Å². The minimum absolute atomic E-state index is 0.128. The normalized spacial score (nSPS) is 17.8. The van der Waals surface area contributed by atoms with Gasteiger partial charge in [-0.3, -0.25) is 4.79 Å². The predicted octanol–water partition coefficient (Wildman–Crippen LogP) is 4.16. The van der Waals surface area contributed by atoms with Gasteiger partial charge in [-0.25, -0.2) is 0 Å². The molecule has 1 aliphatic rings. The molecule has 0 bridgehead atoms. The van der Waals surface area contributed by atoms with Gasteiger partial charge in [-0.15, -0.1) is 0 Å². The minimum atomic E-state index is -0.133. The Bertz CT molecular complexity index is 807. The first kappa shape index (κ1) is 19.4. The summed E-state index contributed by atoms with van der Waals surface area (Å²) in [5.41, 5.74) is 2.61. The van der Waals surface area contributed by atoms with Crippen molar-refractivity contribution in [2.24, 2.45) is 5.92 Å². The van der Waals surface area contributed by atoms with Gasteiger partial charge in [0.05, 0.1) is 6.54 Å². The van der Waals surface area contributed by atoms with Gasteiger partial charge in [-0.2, -0.15) is 4.98 Å². The molecule has 6 heteroatoms. The predicted molar refractivity (Wildman–Crippen MR) is 106 cm³/mol. The Labute approximate surface area is 161 Å². The maximum absolute atomic E-state index is 12.8. The second kappa shape index (κ2) is 7.71. The third kappa shape index (κ3) is 4.67. The summed E-state index contributed by atoms with van der Waals surface area (Å²) >= 11 is 0. The van der Waals surface area contributed by atoms with Gasteiger partial charge in [0.25, 0.3) is 5.91 Å². The van der Waals surface area contributed by atoms with Crippen LogP contribution >= 0.6 is 0 Å². The van der Waals surface area contributed by atoms with Crippen molar-refractivity contribution < 1.29 is 9.32 Å². The average Bonchev–Trinajstić information content (AvgIpc) is 3.09. The fourth-order valence-corrected chi connectivity index (χ4v) is 3.35. The number of aryl methyl sites for hydroxylation is 1. The summed E-state index contributed by atoms with van der Waals surface area (Å²) in [6, 6.07) is 5.81. The molecule has 3 rings (SSSR count). The zero-order valence-corrected chi connectivity index (χ0v) is 17.0. The van der Waals surface area contributed by atoms with E-state index in [1.165, 1.54) is 6.42 Å². The summed E-state index contributed by atoms with van der Waals surface area (Å²) in [6.45, 7) is 12.5. The van der Waals surface area contributed by atoms with Gasteiger partial charge in [0, 0.05) is 29.8 Å². The molecule has 27 heavy (non-hydrogen) atoms. The van der Waals surface area contributed by atoms with Crippen molar-refractivity contribution in [2.45, 2.75) is 59.4 Å². The van der Waals surface area contributed by atoms with Gasteiger partial charge >= 0.3 is 0 Å². The summed E-state index contributed by atoms with van der Waals surface area (Å²) < 4.78 is 5.32. The quantitative estimate of drug-likeness (QED) is 0.875. The lowest BCUT2D eigenvalue weighted by Gasteiger charge is -2.31. The molecule has 1 amide bonds. The zero-order chi connectivity index (χ0) is 19.6. The van der Waals surface area contributed by atoms with Gasteiger partial charge in [0.2, 0.25) is 5.89 Å². The van der Waals surface area contributed by atoms with E-state index in [-0.39, 0.29) is 11.3 Å². The number of nitrogens with zero attached hydrogens (tertiary/aromatic N) is 3. The smallest absolute Gasteiger partial charge is 0.253 e. The first-order valence-corrected chi connectivity index (χ1v) is 9.71. The third-order valence-electron chi connectivity index (χ3n) is 4.99. The SMILES string of the molecule is Cc1cc(C(=O)N2CCC[C@@H](C)C2)ccc1NCc1nc(C(C)(C)C)no1.